The summed E-state index contributed by atoms with van der Waals surface area (Å²) in [5.41, 5.74) is 2.06. The summed E-state index contributed by atoms with van der Waals surface area (Å²) in [7, 11) is -3.58. The number of hydrogen-bond acceptors (Lipinski definition) is 4. The molecule has 2 rings (SSSR count). The Morgan fingerprint density at radius 1 is 1.09 bits per heavy atom. The fourth-order valence-electron chi connectivity index (χ4n) is 3.53. The van der Waals surface area contributed by atoms with Gasteiger partial charge in [-0.05, 0) is 50.5 Å². The maximum absolute atomic E-state index is 13.1. The molecule has 7 nitrogen and oxygen atoms in total. The fourth-order valence-corrected chi connectivity index (χ4v) is 4.72. The molecule has 0 aliphatic heterocycles. The van der Waals surface area contributed by atoms with Crippen molar-refractivity contribution in [3.8, 4) is 0 Å². The summed E-state index contributed by atoms with van der Waals surface area (Å²) in [4.78, 5) is 27.1. The Kier molecular flexibility index (Phi) is 9.73. The van der Waals surface area contributed by atoms with Crippen LogP contribution in [0.2, 0.25) is 5.02 Å². The summed E-state index contributed by atoms with van der Waals surface area (Å²) in [6.07, 6.45) is 1.53. The third kappa shape index (κ3) is 7.47. The molecule has 2 amide bonds. The number of likely N-dealkylation sites (N-methyl/N-ethyl adjacent to an activating group) is 1. The van der Waals surface area contributed by atoms with E-state index in [4.69, 9.17) is 11.6 Å². The van der Waals surface area contributed by atoms with Gasteiger partial charge in [-0.3, -0.25) is 13.9 Å². The zero-order valence-electron chi connectivity index (χ0n) is 19.5. The van der Waals surface area contributed by atoms with E-state index in [0.29, 0.717) is 35.8 Å². The second-order valence-corrected chi connectivity index (χ2v) is 10.2. The van der Waals surface area contributed by atoms with E-state index < -0.39 is 16.1 Å². The average Bonchev–Trinajstić information content (AvgIpc) is 2.77. The van der Waals surface area contributed by atoms with Gasteiger partial charge in [0.25, 0.3) is 0 Å². The van der Waals surface area contributed by atoms with Crippen LogP contribution < -0.4 is 9.62 Å². The minimum Gasteiger partial charge on any atom is -0.355 e. The molecule has 0 aliphatic carbocycles. The molecule has 0 aliphatic rings. The van der Waals surface area contributed by atoms with Crippen molar-refractivity contribution in [3.63, 3.8) is 0 Å². The van der Waals surface area contributed by atoms with Crippen LogP contribution in [0.1, 0.15) is 37.8 Å². The van der Waals surface area contributed by atoms with E-state index in [1.54, 1.807) is 32.0 Å². The van der Waals surface area contributed by atoms with Crippen LogP contribution in [0.25, 0.3) is 0 Å². The Morgan fingerprint density at radius 2 is 1.76 bits per heavy atom. The van der Waals surface area contributed by atoms with Crippen LogP contribution in [0.5, 0.6) is 0 Å². The van der Waals surface area contributed by atoms with Crippen molar-refractivity contribution in [3.05, 3.63) is 64.7 Å². The number of nitrogens with one attached hydrogen (secondary N) is 1. The highest BCUT2D eigenvalue weighted by atomic mass is 35.5. The summed E-state index contributed by atoms with van der Waals surface area (Å²) in [5.74, 6) is -0.442. The first-order valence-electron chi connectivity index (χ1n) is 10.9. The predicted octanol–water partition coefficient (Wildman–Crippen LogP) is 3.75. The number of nitrogens with zero attached hydrogens (tertiary/aromatic N) is 2. The summed E-state index contributed by atoms with van der Waals surface area (Å²) in [5, 5.41) is 3.23. The van der Waals surface area contributed by atoms with Crippen molar-refractivity contribution in [2.24, 2.45) is 0 Å². The highest BCUT2D eigenvalue weighted by Gasteiger charge is 2.26. The van der Waals surface area contributed by atoms with Crippen LogP contribution in [0.4, 0.5) is 5.69 Å². The molecule has 2 aromatic rings. The molecule has 0 heterocycles. The van der Waals surface area contributed by atoms with Crippen molar-refractivity contribution >= 4 is 39.1 Å². The molecule has 0 bridgehead atoms. The van der Waals surface area contributed by atoms with Crippen LogP contribution in [0.15, 0.2) is 48.5 Å². The van der Waals surface area contributed by atoms with Crippen LogP contribution in [-0.2, 0) is 26.2 Å². The average molecular weight is 494 g/mol. The lowest BCUT2D eigenvalue weighted by Crippen LogP contribution is -2.47. The van der Waals surface area contributed by atoms with Crippen molar-refractivity contribution in [2.45, 2.75) is 46.2 Å². The van der Waals surface area contributed by atoms with E-state index in [2.05, 4.69) is 5.32 Å². The van der Waals surface area contributed by atoms with Crippen molar-refractivity contribution < 1.29 is 18.0 Å². The monoisotopic (exact) mass is 493 g/mol. The molecule has 0 aromatic heterocycles. The van der Waals surface area contributed by atoms with E-state index >= 15 is 0 Å². The van der Waals surface area contributed by atoms with Gasteiger partial charge in [0.2, 0.25) is 21.8 Å². The molecule has 1 atom stereocenters. The lowest BCUT2D eigenvalue weighted by molar-refractivity contribution is -0.140. The van der Waals surface area contributed by atoms with Crippen LogP contribution in [0.3, 0.4) is 0 Å². The zero-order chi connectivity index (χ0) is 24.6. The summed E-state index contributed by atoms with van der Waals surface area (Å²) in [6.45, 7) is 6.17. The van der Waals surface area contributed by atoms with Gasteiger partial charge in [0, 0.05) is 31.1 Å². The Bertz CT molecular complexity index is 1060. The van der Waals surface area contributed by atoms with Crippen molar-refractivity contribution in [2.75, 3.05) is 23.7 Å². The number of amides is 2. The van der Waals surface area contributed by atoms with Gasteiger partial charge in [-0.15, -0.1) is 0 Å². The second kappa shape index (κ2) is 12.0. The zero-order valence-corrected chi connectivity index (χ0v) is 21.1. The smallest absolute Gasteiger partial charge is 0.242 e. The maximum Gasteiger partial charge on any atom is 0.242 e. The Morgan fingerprint density at radius 3 is 2.36 bits per heavy atom. The Labute approximate surface area is 201 Å². The molecular formula is C24H32ClN3O4S. The van der Waals surface area contributed by atoms with Crippen molar-refractivity contribution in [1.82, 2.24) is 10.2 Å². The van der Waals surface area contributed by atoms with Gasteiger partial charge in [-0.2, -0.15) is 0 Å². The first-order valence-corrected chi connectivity index (χ1v) is 13.1. The number of halogens is 1. The molecule has 0 spiro atoms. The molecule has 9 heteroatoms. The predicted molar refractivity (Wildman–Crippen MR) is 133 cm³/mol. The summed E-state index contributed by atoms with van der Waals surface area (Å²) in [6, 6.07) is 13.9. The first kappa shape index (κ1) is 26.7. The number of carbonyl (C=O) groups excluding carboxylic acids is 2. The number of benzene rings is 2. The maximum atomic E-state index is 13.1. The minimum absolute atomic E-state index is 0.0994. The topological polar surface area (TPSA) is 86.8 Å². The molecule has 180 valence electrons. The number of anilines is 1. The fraction of sp³-hybridized carbons (Fsp3) is 0.417. The van der Waals surface area contributed by atoms with Gasteiger partial charge in [0.1, 0.15) is 6.04 Å². The second-order valence-electron chi connectivity index (χ2n) is 7.90. The molecule has 1 N–H and O–H groups in total. The molecule has 0 unspecified atom stereocenters. The number of carbonyl (C=O) groups is 2. The minimum atomic E-state index is -3.58. The Balaban J connectivity index is 2.17. The van der Waals surface area contributed by atoms with E-state index in [9.17, 15) is 18.0 Å². The molecule has 33 heavy (non-hydrogen) atoms. The van der Waals surface area contributed by atoms with E-state index in [0.717, 1.165) is 11.8 Å². The van der Waals surface area contributed by atoms with Gasteiger partial charge < -0.3 is 10.2 Å². The molecule has 2 aromatic carbocycles. The highest BCUT2D eigenvalue weighted by Crippen LogP contribution is 2.28. The quantitative estimate of drug-likeness (QED) is 0.516. The van der Waals surface area contributed by atoms with E-state index in [1.807, 2.05) is 37.3 Å². The molecule has 0 saturated heterocycles. The normalized spacial score (nSPS) is 12.2. The van der Waals surface area contributed by atoms with Crippen LogP contribution >= 0.6 is 11.6 Å². The number of rotatable bonds is 11. The van der Waals surface area contributed by atoms with Gasteiger partial charge in [0.05, 0.1) is 11.9 Å². The van der Waals surface area contributed by atoms with Crippen LogP contribution in [-0.4, -0.2) is 50.5 Å². The number of sulfonamides is 1. The Hall–Kier alpha value is -2.58. The van der Waals surface area contributed by atoms with E-state index in [1.165, 1.54) is 9.21 Å². The third-order valence-corrected chi connectivity index (χ3v) is 6.96. The standard InChI is InChI=1S/C24H32ClN3O4S/c1-5-26-24(30)19(3)27(17-20-11-7-6-8-12-20)23(29)15-10-16-28(33(4,31)32)22-14-9-13-21(25)18(22)2/h6-9,11-14,19H,5,10,15-17H2,1-4H3,(H,26,30)/t19-/m1/s1. The summed E-state index contributed by atoms with van der Waals surface area (Å²) >= 11 is 6.18. The van der Waals surface area contributed by atoms with E-state index in [-0.39, 0.29) is 24.8 Å². The molecular weight excluding hydrogens is 462 g/mol. The van der Waals surface area contributed by atoms with Crippen molar-refractivity contribution in [1.29, 1.82) is 0 Å². The SMILES string of the molecule is CCNC(=O)[C@@H](C)N(Cc1ccccc1)C(=O)CCCN(c1cccc(Cl)c1C)S(C)(=O)=O. The molecule has 0 fully saturated rings. The van der Waals surface area contributed by atoms with Gasteiger partial charge >= 0.3 is 0 Å². The first-order chi connectivity index (χ1) is 15.6. The van der Waals surface area contributed by atoms with Gasteiger partial charge in [-0.25, -0.2) is 8.42 Å². The summed E-state index contributed by atoms with van der Waals surface area (Å²) < 4.78 is 26.2. The lowest BCUT2D eigenvalue weighted by atomic mass is 10.1. The van der Waals surface area contributed by atoms with Gasteiger partial charge in [-0.1, -0.05) is 48.0 Å². The largest absolute Gasteiger partial charge is 0.355 e. The highest BCUT2D eigenvalue weighted by molar-refractivity contribution is 7.92. The van der Waals surface area contributed by atoms with Crippen LogP contribution in [0, 0.1) is 6.92 Å². The van der Waals surface area contributed by atoms with Gasteiger partial charge in [0.15, 0.2) is 0 Å². The third-order valence-electron chi connectivity index (χ3n) is 5.37. The molecule has 0 saturated carbocycles. The lowest BCUT2D eigenvalue weighted by Gasteiger charge is -2.29. The molecule has 0 radical (unpaired) electrons. The number of hydrogen-bond donors (Lipinski definition) is 1.